The topological polar surface area (TPSA) is 103 Å². The Hall–Kier alpha value is -1.31. The molecule has 0 atom stereocenters. The molecule has 0 radical (unpaired) electrons. The molecule has 1 aromatic heterocycles. The second-order valence-electron chi connectivity index (χ2n) is 5.96. The Labute approximate surface area is 153 Å². The molecule has 1 saturated carbocycles. The largest absolute Gasteiger partial charge is 0.474 e. The minimum atomic E-state index is -0.766. The molecule has 24 heavy (non-hydrogen) atoms. The number of halogens is 3. The molecular weight excluding hydrogens is 358 g/mol. The molecular formula is C15H25Cl2FN4O2. The summed E-state index contributed by atoms with van der Waals surface area (Å²) >= 11 is 0. The second kappa shape index (κ2) is 9.86. The summed E-state index contributed by atoms with van der Waals surface area (Å²) < 4.78 is 19.6. The highest BCUT2D eigenvalue weighted by atomic mass is 35.5. The third kappa shape index (κ3) is 5.96. The normalized spacial score (nSPS) is 19.9. The standard InChI is InChI=1S/C15H23FN4O2.2ClH/c1-8(2)22-15-11(13(18)21)7-12(16)14(20-15)19-10-5-3-9(17)4-6-10;;/h7-10H,3-6,17H2,1-2H3,(H2,18,21)(H,19,20);2*1H/t9-,10-;;. The minimum absolute atomic E-state index is 0. The van der Waals surface area contributed by atoms with Crippen molar-refractivity contribution in [2.24, 2.45) is 11.5 Å². The van der Waals surface area contributed by atoms with E-state index in [0.717, 1.165) is 31.7 Å². The summed E-state index contributed by atoms with van der Waals surface area (Å²) in [6, 6.07) is 1.41. The Balaban J connectivity index is 0.00000264. The first kappa shape index (κ1) is 22.7. The monoisotopic (exact) mass is 382 g/mol. The Morgan fingerprint density at radius 2 is 1.92 bits per heavy atom. The number of aromatic nitrogens is 1. The highest BCUT2D eigenvalue weighted by Crippen LogP contribution is 2.26. The summed E-state index contributed by atoms with van der Waals surface area (Å²) in [4.78, 5) is 15.5. The van der Waals surface area contributed by atoms with Gasteiger partial charge in [-0.15, -0.1) is 24.8 Å². The van der Waals surface area contributed by atoms with Crippen LogP contribution in [-0.2, 0) is 0 Å². The van der Waals surface area contributed by atoms with Crippen molar-refractivity contribution in [3.63, 3.8) is 0 Å². The third-order valence-corrected chi connectivity index (χ3v) is 3.67. The first-order valence-electron chi connectivity index (χ1n) is 7.56. The zero-order valence-corrected chi connectivity index (χ0v) is 15.4. The van der Waals surface area contributed by atoms with Crippen LogP contribution in [0.2, 0.25) is 0 Å². The Bertz CT molecular complexity index is 553. The number of hydrogen-bond donors (Lipinski definition) is 3. The number of hydrogen-bond acceptors (Lipinski definition) is 5. The van der Waals surface area contributed by atoms with Crippen LogP contribution in [0.3, 0.4) is 0 Å². The van der Waals surface area contributed by atoms with E-state index in [4.69, 9.17) is 16.2 Å². The average Bonchev–Trinajstić information content (AvgIpc) is 2.43. The van der Waals surface area contributed by atoms with Gasteiger partial charge in [0.1, 0.15) is 5.56 Å². The molecule has 0 bridgehead atoms. The number of anilines is 1. The summed E-state index contributed by atoms with van der Waals surface area (Å²) in [6.07, 6.45) is 3.32. The van der Waals surface area contributed by atoms with Crippen molar-refractivity contribution < 1.29 is 13.9 Å². The Kier molecular flexibility index (Phi) is 9.32. The zero-order valence-electron chi connectivity index (χ0n) is 13.8. The lowest BCUT2D eigenvalue weighted by Crippen LogP contribution is -2.33. The molecule has 9 heteroatoms. The SMILES string of the molecule is CC(C)Oc1nc(N[C@H]2CC[C@H](N)CC2)c(F)cc1C(N)=O.Cl.Cl. The van der Waals surface area contributed by atoms with Crippen molar-refractivity contribution in [1.29, 1.82) is 0 Å². The fraction of sp³-hybridized carbons (Fsp3) is 0.600. The maximum absolute atomic E-state index is 14.1. The third-order valence-electron chi connectivity index (χ3n) is 3.67. The van der Waals surface area contributed by atoms with Crippen LogP contribution in [0.5, 0.6) is 5.88 Å². The quantitative estimate of drug-likeness (QED) is 0.725. The Morgan fingerprint density at radius 3 is 2.42 bits per heavy atom. The fourth-order valence-corrected chi connectivity index (χ4v) is 2.52. The van der Waals surface area contributed by atoms with Gasteiger partial charge >= 0.3 is 0 Å². The van der Waals surface area contributed by atoms with Crippen LogP contribution in [0.15, 0.2) is 6.07 Å². The first-order valence-corrected chi connectivity index (χ1v) is 7.56. The molecule has 0 aromatic carbocycles. The van der Waals surface area contributed by atoms with Crippen LogP contribution >= 0.6 is 24.8 Å². The van der Waals surface area contributed by atoms with Crippen molar-refractivity contribution in [2.75, 3.05) is 5.32 Å². The lowest BCUT2D eigenvalue weighted by molar-refractivity contribution is 0.0992. The summed E-state index contributed by atoms with van der Waals surface area (Å²) in [7, 11) is 0. The van der Waals surface area contributed by atoms with Gasteiger partial charge in [0.05, 0.1) is 6.10 Å². The molecule has 1 amide bonds. The van der Waals surface area contributed by atoms with E-state index < -0.39 is 11.7 Å². The molecule has 0 aliphatic heterocycles. The van der Waals surface area contributed by atoms with Crippen LogP contribution in [0.25, 0.3) is 0 Å². The van der Waals surface area contributed by atoms with E-state index in [1.807, 2.05) is 0 Å². The van der Waals surface area contributed by atoms with Crippen molar-refractivity contribution in [3.05, 3.63) is 17.4 Å². The summed E-state index contributed by atoms with van der Waals surface area (Å²) in [5, 5.41) is 3.08. The van der Waals surface area contributed by atoms with E-state index in [1.165, 1.54) is 0 Å². The molecule has 1 heterocycles. The highest BCUT2D eigenvalue weighted by Gasteiger charge is 2.22. The molecule has 138 valence electrons. The number of carbonyl (C=O) groups excluding carboxylic acids is 1. The average molecular weight is 383 g/mol. The van der Waals surface area contributed by atoms with Gasteiger partial charge in [-0.05, 0) is 45.6 Å². The number of rotatable bonds is 5. The van der Waals surface area contributed by atoms with Gasteiger partial charge in [-0.25, -0.2) is 4.39 Å². The number of nitrogens with zero attached hydrogens (tertiary/aromatic N) is 1. The predicted molar refractivity (Wildman–Crippen MR) is 96.8 cm³/mol. The molecule has 0 spiro atoms. The highest BCUT2D eigenvalue weighted by molar-refractivity contribution is 5.95. The number of carbonyl (C=O) groups is 1. The summed E-state index contributed by atoms with van der Waals surface area (Å²) in [5.41, 5.74) is 11.1. The summed E-state index contributed by atoms with van der Waals surface area (Å²) in [6.45, 7) is 3.59. The van der Waals surface area contributed by atoms with Gasteiger partial charge in [0, 0.05) is 12.1 Å². The zero-order chi connectivity index (χ0) is 16.3. The van der Waals surface area contributed by atoms with Crippen LogP contribution in [0, 0.1) is 5.82 Å². The number of pyridine rings is 1. The van der Waals surface area contributed by atoms with E-state index in [9.17, 15) is 9.18 Å². The number of ether oxygens (including phenoxy) is 1. The summed E-state index contributed by atoms with van der Waals surface area (Å²) in [5.74, 6) is -1.24. The van der Waals surface area contributed by atoms with Crippen molar-refractivity contribution in [2.45, 2.75) is 57.7 Å². The maximum atomic E-state index is 14.1. The van der Waals surface area contributed by atoms with Gasteiger partial charge in [0.2, 0.25) is 5.88 Å². The van der Waals surface area contributed by atoms with Gasteiger partial charge in [-0.1, -0.05) is 0 Å². The molecule has 1 fully saturated rings. The van der Waals surface area contributed by atoms with E-state index in [-0.39, 0.29) is 60.3 Å². The molecule has 5 N–H and O–H groups in total. The second-order valence-corrected chi connectivity index (χ2v) is 5.96. The maximum Gasteiger partial charge on any atom is 0.254 e. The number of primary amides is 1. The van der Waals surface area contributed by atoms with Crippen LogP contribution < -0.4 is 21.5 Å². The molecule has 1 aliphatic rings. The smallest absolute Gasteiger partial charge is 0.254 e. The fourth-order valence-electron chi connectivity index (χ4n) is 2.52. The van der Waals surface area contributed by atoms with Gasteiger partial charge in [-0.3, -0.25) is 4.79 Å². The first-order chi connectivity index (χ1) is 10.4. The number of nitrogens with one attached hydrogen (secondary N) is 1. The van der Waals surface area contributed by atoms with Crippen LogP contribution in [0.1, 0.15) is 49.9 Å². The molecule has 0 saturated heterocycles. The molecule has 6 nitrogen and oxygen atoms in total. The lowest BCUT2D eigenvalue weighted by Gasteiger charge is -2.27. The van der Waals surface area contributed by atoms with Crippen molar-refractivity contribution in [3.8, 4) is 5.88 Å². The Morgan fingerprint density at radius 1 is 1.33 bits per heavy atom. The van der Waals surface area contributed by atoms with E-state index in [1.54, 1.807) is 13.8 Å². The van der Waals surface area contributed by atoms with Gasteiger partial charge in [0.15, 0.2) is 11.6 Å². The van der Waals surface area contributed by atoms with Gasteiger partial charge in [0.25, 0.3) is 5.91 Å². The van der Waals surface area contributed by atoms with E-state index in [0.29, 0.717) is 0 Å². The van der Waals surface area contributed by atoms with Crippen molar-refractivity contribution in [1.82, 2.24) is 4.98 Å². The minimum Gasteiger partial charge on any atom is -0.474 e. The number of nitrogens with two attached hydrogens (primary N) is 2. The van der Waals surface area contributed by atoms with Crippen LogP contribution in [0.4, 0.5) is 10.2 Å². The molecule has 0 unspecified atom stereocenters. The number of amides is 1. The van der Waals surface area contributed by atoms with Gasteiger partial charge in [-0.2, -0.15) is 4.98 Å². The molecule has 1 aliphatic carbocycles. The lowest BCUT2D eigenvalue weighted by atomic mass is 9.92. The van der Waals surface area contributed by atoms with Gasteiger partial charge < -0.3 is 21.5 Å². The molecule has 1 aromatic rings. The molecule has 2 rings (SSSR count). The van der Waals surface area contributed by atoms with E-state index >= 15 is 0 Å². The van der Waals surface area contributed by atoms with Crippen LogP contribution in [-0.4, -0.2) is 29.1 Å². The predicted octanol–water partition coefficient (Wildman–Crippen LogP) is 2.63. The van der Waals surface area contributed by atoms with E-state index in [2.05, 4.69) is 10.3 Å². The van der Waals surface area contributed by atoms with Crippen molar-refractivity contribution >= 4 is 36.5 Å².